The van der Waals surface area contributed by atoms with Gasteiger partial charge in [-0.1, -0.05) is 32.0 Å². The molecule has 0 aliphatic rings. The molecule has 1 rings (SSSR count). The molecule has 0 saturated carbocycles. The summed E-state index contributed by atoms with van der Waals surface area (Å²) >= 11 is 0. The Morgan fingerprint density at radius 2 is 1.89 bits per heavy atom. The molecule has 1 aromatic rings. The predicted molar refractivity (Wildman–Crippen MR) is 78.1 cm³/mol. The largest absolute Gasteiger partial charge is 0.492 e. The summed E-state index contributed by atoms with van der Waals surface area (Å²) < 4.78 is 28.8. The molecule has 0 heterocycles. The molecule has 0 amide bonds. The zero-order valence-corrected chi connectivity index (χ0v) is 12.4. The smallest absolute Gasteiger partial charge is 0.153 e. The van der Waals surface area contributed by atoms with Crippen molar-refractivity contribution in [3.8, 4) is 5.75 Å². The molecule has 108 valence electrons. The highest BCUT2D eigenvalue weighted by atomic mass is 32.2. The van der Waals surface area contributed by atoms with Gasteiger partial charge >= 0.3 is 0 Å². The van der Waals surface area contributed by atoms with Crippen LogP contribution < -0.4 is 10.5 Å². The second kappa shape index (κ2) is 7.50. The van der Waals surface area contributed by atoms with Crippen molar-refractivity contribution >= 4 is 9.84 Å². The third-order valence-corrected chi connectivity index (χ3v) is 4.74. The van der Waals surface area contributed by atoms with Gasteiger partial charge in [0.15, 0.2) is 9.84 Å². The Morgan fingerprint density at radius 3 is 2.53 bits per heavy atom. The van der Waals surface area contributed by atoms with Crippen LogP contribution in [-0.2, 0) is 9.84 Å². The van der Waals surface area contributed by atoms with E-state index >= 15 is 0 Å². The van der Waals surface area contributed by atoms with Crippen LogP contribution in [0.4, 0.5) is 0 Å². The fourth-order valence-corrected chi connectivity index (χ4v) is 2.99. The minimum atomic E-state index is -3.00. The van der Waals surface area contributed by atoms with E-state index in [-0.39, 0.29) is 24.2 Å². The summed E-state index contributed by atoms with van der Waals surface area (Å²) in [5.41, 5.74) is 6.93. The molecule has 5 heteroatoms. The van der Waals surface area contributed by atoms with E-state index < -0.39 is 9.84 Å². The fraction of sp³-hybridized carbons (Fsp3) is 0.571. The Hall–Kier alpha value is -1.07. The Labute approximate surface area is 115 Å². The van der Waals surface area contributed by atoms with Crippen LogP contribution in [0.25, 0.3) is 0 Å². The maximum Gasteiger partial charge on any atom is 0.153 e. The minimum Gasteiger partial charge on any atom is -0.492 e. The van der Waals surface area contributed by atoms with Crippen LogP contribution in [0.3, 0.4) is 0 Å². The lowest BCUT2D eigenvalue weighted by Crippen LogP contribution is -2.18. The summed E-state index contributed by atoms with van der Waals surface area (Å²) in [5, 5.41) is 0. The minimum absolute atomic E-state index is 0.0521. The first-order valence-electron chi connectivity index (χ1n) is 6.68. The van der Waals surface area contributed by atoms with Gasteiger partial charge in [0.2, 0.25) is 0 Å². The average Bonchev–Trinajstić information content (AvgIpc) is 2.38. The van der Waals surface area contributed by atoms with E-state index in [9.17, 15) is 8.42 Å². The molecule has 2 N–H and O–H groups in total. The molecule has 0 aliphatic heterocycles. The first-order chi connectivity index (χ1) is 9.00. The molecule has 0 radical (unpaired) electrons. The van der Waals surface area contributed by atoms with Crippen LogP contribution >= 0.6 is 0 Å². The normalized spacial score (nSPS) is 13.2. The Kier molecular flexibility index (Phi) is 6.31. The molecule has 1 aromatic carbocycles. The van der Waals surface area contributed by atoms with Crippen molar-refractivity contribution in [3.05, 3.63) is 29.8 Å². The van der Waals surface area contributed by atoms with E-state index in [4.69, 9.17) is 10.5 Å². The molecular formula is C14H23NO3S. The van der Waals surface area contributed by atoms with E-state index in [0.29, 0.717) is 12.2 Å². The number of benzene rings is 1. The standard InChI is InChI=1S/C14H23NO3S/c1-3-10-19(16,17)11-9-18-14-8-6-5-7-12(14)13(15)4-2/h5-8,13H,3-4,9-11,15H2,1-2H3/t13-/m1/s1. The quantitative estimate of drug-likeness (QED) is 0.795. The second-order valence-corrected chi connectivity index (χ2v) is 6.86. The molecular weight excluding hydrogens is 262 g/mol. The van der Waals surface area contributed by atoms with Crippen LogP contribution in [-0.4, -0.2) is 26.5 Å². The van der Waals surface area contributed by atoms with Gasteiger partial charge in [-0.05, 0) is 18.9 Å². The van der Waals surface area contributed by atoms with Crippen LogP contribution in [0.15, 0.2) is 24.3 Å². The van der Waals surface area contributed by atoms with Gasteiger partial charge in [0, 0.05) is 11.6 Å². The SMILES string of the molecule is CCCS(=O)(=O)CCOc1ccccc1[C@H](N)CC. The van der Waals surface area contributed by atoms with E-state index in [2.05, 4.69) is 0 Å². The first kappa shape index (κ1) is 16.0. The number of hydrogen-bond donors (Lipinski definition) is 1. The molecule has 0 aromatic heterocycles. The van der Waals surface area contributed by atoms with Crippen molar-refractivity contribution in [2.45, 2.75) is 32.7 Å². The van der Waals surface area contributed by atoms with Gasteiger partial charge in [-0.25, -0.2) is 8.42 Å². The second-order valence-electron chi connectivity index (χ2n) is 4.55. The van der Waals surface area contributed by atoms with Gasteiger partial charge in [0.25, 0.3) is 0 Å². The molecule has 0 unspecified atom stereocenters. The highest BCUT2D eigenvalue weighted by Crippen LogP contribution is 2.25. The lowest BCUT2D eigenvalue weighted by Gasteiger charge is -2.15. The maximum atomic E-state index is 11.6. The van der Waals surface area contributed by atoms with E-state index in [1.807, 2.05) is 38.1 Å². The monoisotopic (exact) mass is 285 g/mol. The maximum absolute atomic E-state index is 11.6. The molecule has 0 bridgehead atoms. The predicted octanol–water partition coefficient (Wildman–Crippen LogP) is 2.30. The number of rotatable bonds is 8. The fourth-order valence-electron chi connectivity index (χ4n) is 1.83. The van der Waals surface area contributed by atoms with Gasteiger partial charge in [0.05, 0.1) is 11.5 Å². The van der Waals surface area contributed by atoms with Crippen molar-refractivity contribution in [1.82, 2.24) is 0 Å². The lowest BCUT2D eigenvalue weighted by atomic mass is 10.0. The topological polar surface area (TPSA) is 69.4 Å². The summed E-state index contributed by atoms with van der Waals surface area (Å²) in [6.45, 7) is 4.04. The van der Waals surface area contributed by atoms with Crippen molar-refractivity contribution in [1.29, 1.82) is 0 Å². The van der Waals surface area contributed by atoms with Crippen LogP contribution in [0.5, 0.6) is 5.75 Å². The van der Waals surface area contributed by atoms with Gasteiger partial charge in [0.1, 0.15) is 12.4 Å². The van der Waals surface area contributed by atoms with Crippen LogP contribution in [0.1, 0.15) is 38.3 Å². The van der Waals surface area contributed by atoms with Gasteiger partial charge in [-0.3, -0.25) is 0 Å². The summed E-state index contributed by atoms with van der Waals surface area (Å²) in [6, 6.07) is 7.44. The number of sulfone groups is 1. The summed E-state index contributed by atoms with van der Waals surface area (Å²) in [5.74, 6) is 0.951. The van der Waals surface area contributed by atoms with Crippen LogP contribution in [0, 0.1) is 0 Å². The molecule has 1 atom stereocenters. The zero-order chi connectivity index (χ0) is 14.3. The highest BCUT2D eigenvalue weighted by molar-refractivity contribution is 7.91. The third kappa shape index (κ3) is 5.20. The summed E-state index contributed by atoms with van der Waals surface area (Å²) in [6.07, 6.45) is 1.45. The molecule has 0 fully saturated rings. The number of para-hydroxylation sites is 1. The van der Waals surface area contributed by atoms with E-state index in [1.54, 1.807) is 0 Å². The Balaban J connectivity index is 2.63. The highest BCUT2D eigenvalue weighted by Gasteiger charge is 2.12. The molecule has 0 aliphatic carbocycles. The van der Waals surface area contributed by atoms with Gasteiger partial charge in [-0.15, -0.1) is 0 Å². The first-order valence-corrected chi connectivity index (χ1v) is 8.50. The Bertz CT molecular complexity index is 485. The zero-order valence-electron chi connectivity index (χ0n) is 11.6. The molecule has 4 nitrogen and oxygen atoms in total. The van der Waals surface area contributed by atoms with Crippen molar-refractivity contribution < 1.29 is 13.2 Å². The lowest BCUT2D eigenvalue weighted by molar-refractivity contribution is 0.334. The van der Waals surface area contributed by atoms with Gasteiger partial charge in [-0.2, -0.15) is 0 Å². The average molecular weight is 285 g/mol. The van der Waals surface area contributed by atoms with E-state index in [0.717, 1.165) is 12.0 Å². The van der Waals surface area contributed by atoms with Crippen molar-refractivity contribution in [3.63, 3.8) is 0 Å². The van der Waals surface area contributed by atoms with Crippen molar-refractivity contribution in [2.75, 3.05) is 18.1 Å². The third-order valence-electron chi connectivity index (χ3n) is 2.93. The molecule has 19 heavy (non-hydrogen) atoms. The van der Waals surface area contributed by atoms with Crippen molar-refractivity contribution in [2.24, 2.45) is 5.73 Å². The number of hydrogen-bond acceptors (Lipinski definition) is 4. The molecule has 0 spiro atoms. The molecule has 0 saturated heterocycles. The number of nitrogens with two attached hydrogens (primary N) is 1. The summed E-state index contributed by atoms with van der Waals surface area (Å²) in [7, 11) is -3.00. The van der Waals surface area contributed by atoms with Crippen LogP contribution in [0.2, 0.25) is 0 Å². The van der Waals surface area contributed by atoms with Gasteiger partial charge < -0.3 is 10.5 Å². The number of ether oxygens (including phenoxy) is 1. The van der Waals surface area contributed by atoms with E-state index in [1.165, 1.54) is 0 Å². The Morgan fingerprint density at radius 1 is 1.21 bits per heavy atom. The summed E-state index contributed by atoms with van der Waals surface area (Å²) in [4.78, 5) is 0.